The molecule has 22 heavy (non-hydrogen) atoms. The van der Waals surface area contributed by atoms with E-state index in [0.29, 0.717) is 34.0 Å². The molecule has 0 unspecified atom stereocenters. The zero-order valence-corrected chi connectivity index (χ0v) is 13.7. The van der Waals surface area contributed by atoms with Crippen molar-refractivity contribution in [2.75, 3.05) is 0 Å². The first-order valence-corrected chi connectivity index (χ1v) is 7.42. The summed E-state index contributed by atoms with van der Waals surface area (Å²) in [7, 11) is 1.89. The number of aryl methyl sites for hydroxylation is 1. The van der Waals surface area contributed by atoms with E-state index in [2.05, 4.69) is 30.9 Å². The van der Waals surface area contributed by atoms with E-state index in [1.165, 1.54) is 6.92 Å². The van der Waals surface area contributed by atoms with Crippen LogP contribution in [0, 0.1) is 0 Å². The summed E-state index contributed by atoms with van der Waals surface area (Å²) in [5.74, 6) is 1.28. The molecule has 3 aromatic rings. The summed E-state index contributed by atoms with van der Waals surface area (Å²) >= 11 is 3.36. The van der Waals surface area contributed by atoms with Crippen molar-refractivity contribution < 1.29 is 9.53 Å². The minimum absolute atomic E-state index is 0.0625. The largest absolute Gasteiger partial charge is 0.456 e. The first-order valence-electron chi connectivity index (χ1n) is 6.63. The summed E-state index contributed by atoms with van der Waals surface area (Å²) in [6, 6.07) is 5.36. The molecule has 0 atom stereocenters. The van der Waals surface area contributed by atoms with Crippen molar-refractivity contribution in [2.24, 2.45) is 7.05 Å². The Hall–Kier alpha value is -2.28. The van der Waals surface area contributed by atoms with Crippen LogP contribution in [0.1, 0.15) is 12.6 Å². The number of Topliss-reactive ketones (excluding diaryl/α,β-unsaturated/α-hetero) is 1. The second kappa shape index (κ2) is 5.84. The van der Waals surface area contributed by atoms with Gasteiger partial charge in [-0.15, -0.1) is 0 Å². The van der Waals surface area contributed by atoms with Gasteiger partial charge in [-0.3, -0.25) is 9.78 Å². The van der Waals surface area contributed by atoms with Crippen molar-refractivity contribution in [3.8, 4) is 11.5 Å². The smallest absolute Gasteiger partial charge is 0.179 e. The van der Waals surface area contributed by atoms with Gasteiger partial charge in [0, 0.05) is 31.8 Å². The molecule has 0 amide bonds. The van der Waals surface area contributed by atoms with Crippen molar-refractivity contribution in [1.29, 1.82) is 0 Å². The normalized spacial score (nSPS) is 10.9. The van der Waals surface area contributed by atoms with E-state index in [0.717, 1.165) is 5.52 Å². The zero-order valence-electron chi connectivity index (χ0n) is 12.1. The number of carbonyl (C=O) groups excluding carboxylic acids is 1. The Bertz CT molecular complexity index is 860. The monoisotopic (exact) mass is 360 g/mol. The first-order chi connectivity index (χ1) is 10.5. The van der Waals surface area contributed by atoms with Gasteiger partial charge in [-0.25, -0.2) is 9.97 Å². The maximum Gasteiger partial charge on any atom is 0.179 e. The van der Waals surface area contributed by atoms with Crippen LogP contribution in [0.25, 0.3) is 11.2 Å². The highest BCUT2D eigenvalue weighted by atomic mass is 79.9. The number of ketones is 1. The molecular formula is C15H13BrN4O2. The molecule has 0 spiro atoms. The Morgan fingerprint density at radius 3 is 2.91 bits per heavy atom. The fourth-order valence-corrected chi connectivity index (χ4v) is 2.44. The van der Waals surface area contributed by atoms with Crippen molar-refractivity contribution >= 4 is 32.9 Å². The lowest BCUT2D eigenvalue weighted by Gasteiger charge is -2.06. The van der Waals surface area contributed by atoms with E-state index in [1.807, 2.05) is 17.7 Å². The van der Waals surface area contributed by atoms with Gasteiger partial charge in [0.25, 0.3) is 0 Å². The van der Waals surface area contributed by atoms with E-state index in [4.69, 9.17) is 4.74 Å². The summed E-state index contributed by atoms with van der Waals surface area (Å²) in [4.78, 5) is 23.9. The number of halogens is 1. The van der Waals surface area contributed by atoms with Crippen LogP contribution in [0.15, 0.2) is 35.3 Å². The molecule has 0 N–H and O–H groups in total. The molecule has 3 rings (SSSR count). The highest BCUT2D eigenvalue weighted by molar-refractivity contribution is 9.10. The van der Waals surface area contributed by atoms with Gasteiger partial charge in [0.15, 0.2) is 10.4 Å². The second-order valence-corrected chi connectivity index (χ2v) is 5.63. The van der Waals surface area contributed by atoms with Crippen LogP contribution in [-0.4, -0.2) is 25.3 Å². The molecule has 0 aromatic carbocycles. The molecule has 0 aliphatic heterocycles. The van der Waals surface area contributed by atoms with E-state index in [-0.39, 0.29) is 5.78 Å². The summed E-state index contributed by atoms with van der Waals surface area (Å²) in [5.41, 5.74) is 2.19. The molecule has 3 aromatic heterocycles. The highest BCUT2D eigenvalue weighted by Gasteiger charge is 2.09. The predicted octanol–water partition coefficient (Wildman–Crippen LogP) is 3.05. The highest BCUT2D eigenvalue weighted by Crippen LogP contribution is 2.25. The summed E-state index contributed by atoms with van der Waals surface area (Å²) < 4.78 is 8.39. The number of rotatable bonds is 4. The van der Waals surface area contributed by atoms with Gasteiger partial charge in [-0.1, -0.05) is 0 Å². The van der Waals surface area contributed by atoms with Crippen molar-refractivity contribution in [3.63, 3.8) is 0 Å². The molecule has 0 bridgehead atoms. The number of carbonyl (C=O) groups is 1. The van der Waals surface area contributed by atoms with Gasteiger partial charge in [0.1, 0.15) is 17.3 Å². The lowest BCUT2D eigenvalue weighted by Crippen LogP contribution is -1.99. The average molecular weight is 361 g/mol. The van der Waals surface area contributed by atoms with E-state index < -0.39 is 0 Å². The van der Waals surface area contributed by atoms with Crippen molar-refractivity contribution in [2.45, 2.75) is 13.3 Å². The topological polar surface area (TPSA) is 69.9 Å². The van der Waals surface area contributed by atoms with E-state index in [9.17, 15) is 4.79 Å². The molecular weight excluding hydrogens is 348 g/mol. The number of pyridine rings is 2. The summed E-state index contributed by atoms with van der Waals surface area (Å²) in [6.45, 7) is 1.54. The van der Waals surface area contributed by atoms with E-state index >= 15 is 0 Å². The molecule has 3 heterocycles. The fraction of sp³-hybridized carbons (Fsp3) is 0.200. The molecule has 0 fully saturated rings. The van der Waals surface area contributed by atoms with Gasteiger partial charge in [-0.05, 0) is 28.9 Å². The summed E-state index contributed by atoms with van der Waals surface area (Å²) in [5, 5.41) is 0. The SMILES string of the molecule is CC(=O)Cc1cc(Oc2cnc3nc(Br)n(C)c3c2)ccn1. The minimum Gasteiger partial charge on any atom is -0.456 e. The lowest BCUT2D eigenvalue weighted by atomic mass is 10.2. The lowest BCUT2D eigenvalue weighted by molar-refractivity contribution is -0.116. The third-order valence-electron chi connectivity index (χ3n) is 3.11. The van der Waals surface area contributed by atoms with Gasteiger partial charge < -0.3 is 9.30 Å². The maximum absolute atomic E-state index is 11.2. The predicted molar refractivity (Wildman–Crippen MR) is 84.9 cm³/mol. The molecule has 0 saturated heterocycles. The minimum atomic E-state index is 0.0625. The Morgan fingerprint density at radius 2 is 2.14 bits per heavy atom. The molecule has 0 aliphatic rings. The molecule has 0 radical (unpaired) electrons. The number of aromatic nitrogens is 4. The number of ether oxygens (including phenoxy) is 1. The summed E-state index contributed by atoms with van der Waals surface area (Å²) in [6.07, 6.45) is 3.54. The first kappa shape index (κ1) is 14.6. The Kier molecular flexibility index (Phi) is 3.89. The third kappa shape index (κ3) is 2.99. The molecule has 0 saturated carbocycles. The van der Waals surface area contributed by atoms with Gasteiger partial charge in [0.2, 0.25) is 0 Å². The van der Waals surface area contributed by atoms with Gasteiger partial charge >= 0.3 is 0 Å². The third-order valence-corrected chi connectivity index (χ3v) is 3.82. The van der Waals surface area contributed by atoms with Crippen LogP contribution in [-0.2, 0) is 18.3 Å². The molecule has 112 valence electrons. The Labute approximate surface area is 135 Å². The Balaban J connectivity index is 1.89. The number of imidazole rings is 1. The quantitative estimate of drug-likeness (QED) is 0.714. The Morgan fingerprint density at radius 1 is 1.32 bits per heavy atom. The van der Waals surface area contributed by atoms with Crippen molar-refractivity contribution in [1.82, 2.24) is 19.5 Å². The van der Waals surface area contributed by atoms with Crippen LogP contribution in [0.2, 0.25) is 0 Å². The number of hydrogen-bond acceptors (Lipinski definition) is 5. The average Bonchev–Trinajstić information content (AvgIpc) is 2.74. The van der Waals surface area contributed by atoms with E-state index in [1.54, 1.807) is 24.5 Å². The van der Waals surface area contributed by atoms with Crippen molar-refractivity contribution in [3.05, 3.63) is 41.0 Å². The van der Waals surface area contributed by atoms with Crippen LogP contribution in [0.5, 0.6) is 11.5 Å². The molecule has 6 nitrogen and oxygen atoms in total. The number of hydrogen-bond donors (Lipinski definition) is 0. The van der Waals surface area contributed by atoms with Crippen LogP contribution < -0.4 is 4.74 Å². The fourth-order valence-electron chi connectivity index (χ4n) is 2.09. The van der Waals surface area contributed by atoms with Gasteiger partial charge in [-0.2, -0.15) is 0 Å². The molecule has 7 heteroatoms. The standard InChI is InChI=1S/C15H13BrN4O2/c1-9(21)5-10-6-11(3-4-17-10)22-12-7-13-14(18-8-12)19-15(16)20(13)2/h3-4,6-8H,5H2,1-2H3. The zero-order chi connectivity index (χ0) is 15.7. The number of fused-ring (bicyclic) bond motifs is 1. The second-order valence-electron chi connectivity index (χ2n) is 4.92. The maximum atomic E-state index is 11.2. The number of nitrogens with zero attached hydrogens (tertiary/aromatic N) is 4. The molecule has 0 aliphatic carbocycles. The van der Waals surface area contributed by atoms with Crippen LogP contribution in [0.3, 0.4) is 0 Å². The van der Waals surface area contributed by atoms with Crippen LogP contribution in [0.4, 0.5) is 0 Å². The van der Waals surface area contributed by atoms with Gasteiger partial charge in [0.05, 0.1) is 17.4 Å². The van der Waals surface area contributed by atoms with Crippen LogP contribution >= 0.6 is 15.9 Å².